The smallest absolute Gasteiger partial charge is 0.244 e. The molecule has 0 saturated carbocycles. The predicted octanol–water partition coefficient (Wildman–Crippen LogP) is 2.56. The lowest BCUT2D eigenvalue weighted by Gasteiger charge is -2.33. The van der Waals surface area contributed by atoms with E-state index in [-0.39, 0.29) is 11.9 Å². The van der Waals surface area contributed by atoms with Gasteiger partial charge in [0.2, 0.25) is 5.91 Å². The summed E-state index contributed by atoms with van der Waals surface area (Å²) in [6.07, 6.45) is 1.90. The lowest BCUT2D eigenvalue weighted by atomic mass is 10.0. The number of amides is 1. The van der Waals surface area contributed by atoms with Crippen molar-refractivity contribution in [1.82, 2.24) is 5.32 Å². The monoisotopic (exact) mass is 326 g/mol. The highest BCUT2D eigenvalue weighted by atomic mass is 79.9. The fourth-order valence-corrected chi connectivity index (χ4v) is 2.77. The maximum atomic E-state index is 12.5. The molecule has 0 spiro atoms. The Balaban J connectivity index is 2.29. The van der Waals surface area contributed by atoms with Gasteiger partial charge < -0.3 is 15.0 Å². The minimum atomic E-state index is -0.0811. The van der Waals surface area contributed by atoms with Crippen molar-refractivity contribution in [2.24, 2.45) is 0 Å². The van der Waals surface area contributed by atoms with Crippen molar-refractivity contribution in [3.63, 3.8) is 0 Å². The van der Waals surface area contributed by atoms with Gasteiger partial charge in [0.1, 0.15) is 5.75 Å². The molecule has 1 saturated heterocycles. The van der Waals surface area contributed by atoms with Crippen LogP contribution >= 0.6 is 15.9 Å². The van der Waals surface area contributed by atoms with Gasteiger partial charge in [0.05, 0.1) is 18.8 Å². The zero-order valence-electron chi connectivity index (χ0n) is 11.3. The number of halogens is 1. The SMILES string of the molecule is CCNC1CCCN(c2cc(Br)ccc2OC)C1=O. The highest BCUT2D eigenvalue weighted by Crippen LogP contribution is 2.33. The van der Waals surface area contributed by atoms with Crippen LogP contribution in [0.5, 0.6) is 5.75 Å². The van der Waals surface area contributed by atoms with Crippen LogP contribution in [0, 0.1) is 0 Å². The molecule has 1 amide bonds. The fraction of sp³-hybridized carbons (Fsp3) is 0.500. The van der Waals surface area contributed by atoms with Gasteiger partial charge in [-0.2, -0.15) is 0 Å². The van der Waals surface area contributed by atoms with E-state index in [1.807, 2.05) is 30.0 Å². The van der Waals surface area contributed by atoms with Crippen LogP contribution in [0.2, 0.25) is 0 Å². The van der Waals surface area contributed by atoms with Gasteiger partial charge in [-0.05, 0) is 37.6 Å². The number of hydrogen-bond donors (Lipinski definition) is 1. The van der Waals surface area contributed by atoms with Crippen LogP contribution in [0.25, 0.3) is 0 Å². The van der Waals surface area contributed by atoms with Gasteiger partial charge in [-0.1, -0.05) is 22.9 Å². The Morgan fingerprint density at radius 2 is 2.32 bits per heavy atom. The van der Waals surface area contributed by atoms with Crippen molar-refractivity contribution >= 4 is 27.5 Å². The molecule has 1 aliphatic heterocycles. The van der Waals surface area contributed by atoms with Crippen molar-refractivity contribution in [2.45, 2.75) is 25.8 Å². The summed E-state index contributed by atoms with van der Waals surface area (Å²) in [5, 5.41) is 3.24. The summed E-state index contributed by atoms with van der Waals surface area (Å²) < 4.78 is 6.31. The third kappa shape index (κ3) is 3.09. The normalized spacial score (nSPS) is 19.6. The Morgan fingerprint density at radius 1 is 1.53 bits per heavy atom. The number of ether oxygens (including phenoxy) is 1. The molecule has 104 valence electrons. The second-order valence-corrected chi connectivity index (χ2v) is 5.47. The molecule has 5 heteroatoms. The molecular formula is C14H19BrN2O2. The molecule has 1 aromatic rings. The topological polar surface area (TPSA) is 41.6 Å². The first-order chi connectivity index (χ1) is 9.17. The molecular weight excluding hydrogens is 308 g/mol. The maximum absolute atomic E-state index is 12.5. The summed E-state index contributed by atoms with van der Waals surface area (Å²) in [7, 11) is 1.63. The van der Waals surface area contributed by atoms with Crippen LogP contribution in [0.15, 0.2) is 22.7 Å². The van der Waals surface area contributed by atoms with Gasteiger partial charge in [-0.3, -0.25) is 4.79 Å². The molecule has 0 bridgehead atoms. The summed E-state index contributed by atoms with van der Waals surface area (Å²) in [5.41, 5.74) is 0.837. The largest absolute Gasteiger partial charge is 0.495 e. The number of carbonyl (C=O) groups is 1. The number of nitrogens with zero attached hydrogens (tertiary/aromatic N) is 1. The average molecular weight is 327 g/mol. The van der Waals surface area contributed by atoms with E-state index in [1.54, 1.807) is 7.11 Å². The van der Waals surface area contributed by atoms with Crippen molar-refractivity contribution in [1.29, 1.82) is 0 Å². The van der Waals surface area contributed by atoms with Crippen molar-refractivity contribution in [3.8, 4) is 5.75 Å². The standard InChI is InChI=1S/C14H19BrN2O2/c1-3-16-11-5-4-8-17(14(11)18)12-9-10(15)6-7-13(12)19-2/h6-7,9,11,16H,3-5,8H2,1-2H3. The van der Waals surface area contributed by atoms with Gasteiger partial charge in [0, 0.05) is 11.0 Å². The Hall–Kier alpha value is -1.07. The van der Waals surface area contributed by atoms with E-state index in [9.17, 15) is 4.79 Å². The lowest BCUT2D eigenvalue weighted by Crippen LogP contribution is -2.50. The van der Waals surface area contributed by atoms with E-state index < -0.39 is 0 Å². The Kier molecular flexibility index (Phi) is 4.82. The second-order valence-electron chi connectivity index (χ2n) is 4.56. The van der Waals surface area contributed by atoms with E-state index in [4.69, 9.17) is 4.74 Å². The molecule has 1 atom stereocenters. The average Bonchev–Trinajstić information content (AvgIpc) is 2.41. The van der Waals surface area contributed by atoms with Gasteiger partial charge in [-0.15, -0.1) is 0 Å². The number of rotatable bonds is 4. The minimum Gasteiger partial charge on any atom is -0.495 e. The minimum absolute atomic E-state index is 0.0811. The van der Waals surface area contributed by atoms with Crippen molar-refractivity contribution in [3.05, 3.63) is 22.7 Å². The number of nitrogens with one attached hydrogen (secondary N) is 1. The third-order valence-corrected chi connectivity index (χ3v) is 3.81. The third-order valence-electron chi connectivity index (χ3n) is 3.32. The summed E-state index contributed by atoms with van der Waals surface area (Å²) in [4.78, 5) is 14.3. The molecule has 2 rings (SSSR count). The fourth-order valence-electron chi connectivity index (χ4n) is 2.42. The van der Waals surface area contributed by atoms with E-state index in [1.165, 1.54) is 0 Å². The highest BCUT2D eigenvalue weighted by Gasteiger charge is 2.30. The number of likely N-dealkylation sites (N-methyl/N-ethyl adjacent to an activating group) is 1. The summed E-state index contributed by atoms with van der Waals surface area (Å²) >= 11 is 3.45. The molecule has 0 aromatic heterocycles. The number of hydrogen-bond acceptors (Lipinski definition) is 3. The molecule has 1 aliphatic rings. The molecule has 19 heavy (non-hydrogen) atoms. The number of methoxy groups -OCH3 is 1. The van der Waals surface area contributed by atoms with E-state index in [0.29, 0.717) is 0 Å². The lowest BCUT2D eigenvalue weighted by molar-refractivity contribution is -0.121. The second kappa shape index (κ2) is 6.39. The van der Waals surface area contributed by atoms with E-state index >= 15 is 0 Å². The molecule has 4 nitrogen and oxygen atoms in total. The quantitative estimate of drug-likeness (QED) is 0.924. The van der Waals surface area contributed by atoms with Crippen LogP contribution in [0.4, 0.5) is 5.69 Å². The first-order valence-electron chi connectivity index (χ1n) is 6.55. The van der Waals surface area contributed by atoms with Crippen LogP contribution < -0.4 is 15.0 Å². The Bertz CT molecular complexity index is 463. The van der Waals surface area contributed by atoms with Crippen LogP contribution in [0.1, 0.15) is 19.8 Å². The van der Waals surface area contributed by atoms with Crippen molar-refractivity contribution < 1.29 is 9.53 Å². The van der Waals surface area contributed by atoms with Gasteiger partial charge in [-0.25, -0.2) is 0 Å². The van der Waals surface area contributed by atoms with E-state index in [2.05, 4.69) is 21.2 Å². The summed E-state index contributed by atoms with van der Waals surface area (Å²) in [6.45, 7) is 3.57. The number of piperidine rings is 1. The van der Waals surface area contributed by atoms with Crippen molar-refractivity contribution in [2.75, 3.05) is 25.1 Å². The predicted molar refractivity (Wildman–Crippen MR) is 79.7 cm³/mol. The molecule has 0 aliphatic carbocycles. The number of anilines is 1. The summed E-state index contributed by atoms with van der Waals surface area (Å²) in [6, 6.07) is 5.65. The van der Waals surface area contributed by atoms with Gasteiger partial charge in [0.15, 0.2) is 0 Å². The molecule has 1 aromatic carbocycles. The zero-order valence-corrected chi connectivity index (χ0v) is 12.9. The Labute approximate surface area is 122 Å². The molecule has 0 radical (unpaired) electrons. The number of carbonyl (C=O) groups excluding carboxylic acids is 1. The molecule has 1 unspecified atom stereocenters. The van der Waals surface area contributed by atoms with E-state index in [0.717, 1.165) is 41.8 Å². The molecule has 1 N–H and O–H groups in total. The van der Waals surface area contributed by atoms with Crippen LogP contribution in [-0.4, -0.2) is 32.1 Å². The summed E-state index contributed by atoms with van der Waals surface area (Å²) in [5.74, 6) is 0.859. The first kappa shape index (κ1) is 14.3. The maximum Gasteiger partial charge on any atom is 0.244 e. The highest BCUT2D eigenvalue weighted by molar-refractivity contribution is 9.10. The zero-order chi connectivity index (χ0) is 13.8. The molecule has 1 heterocycles. The van der Waals surface area contributed by atoms with Gasteiger partial charge in [0.25, 0.3) is 0 Å². The number of benzene rings is 1. The van der Waals surface area contributed by atoms with Crippen LogP contribution in [-0.2, 0) is 4.79 Å². The molecule has 1 fully saturated rings. The van der Waals surface area contributed by atoms with Crippen LogP contribution in [0.3, 0.4) is 0 Å². The Morgan fingerprint density at radius 3 is 3.00 bits per heavy atom. The van der Waals surface area contributed by atoms with Gasteiger partial charge >= 0.3 is 0 Å². The first-order valence-corrected chi connectivity index (χ1v) is 7.35.